The maximum absolute atomic E-state index is 14.5. The number of hydrogen-bond donors (Lipinski definition) is 1. The average Bonchev–Trinajstić information content (AvgIpc) is 3.32. The van der Waals surface area contributed by atoms with Gasteiger partial charge in [0.2, 0.25) is 0 Å². The summed E-state index contributed by atoms with van der Waals surface area (Å²) in [5.74, 6) is 0.0605. The molecule has 1 aromatic heterocycles. The molecule has 3 aromatic carbocycles. The van der Waals surface area contributed by atoms with Crippen LogP contribution in [0.5, 0.6) is 0 Å². The first-order valence-electron chi connectivity index (χ1n) is 16.0. The van der Waals surface area contributed by atoms with E-state index in [9.17, 15) is 23.2 Å². The van der Waals surface area contributed by atoms with Crippen molar-refractivity contribution in [2.75, 3.05) is 29.9 Å². The Labute approximate surface area is 276 Å². The monoisotopic (exact) mass is 650 g/mol. The third-order valence-electron chi connectivity index (χ3n) is 9.72. The fourth-order valence-electron chi connectivity index (χ4n) is 7.03. The van der Waals surface area contributed by atoms with E-state index in [1.54, 1.807) is 54.3 Å². The number of nitriles is 2. The molecule has 2 aliphatic heterocycles. The Morgan fingerprint density at radius 1 is 1.02 bits per heavy atom. The number of fused-ring (bicyclic) bond motifs is 1. The highest BCUT2D eigenvalue weighted by molar-refractivity contribution is 6.11. The summed E-state index contributed by atoms with van der Waals surface area (Å²) in [6, 6.07) is 17.7. The summed E-state index contributed by atoms with van der Waals surface area (Å²) in [6.45, 7) is 2.34. The van der Waals surface area contributed by atoms with Gasteiger partial charge in [-0.05, 0) is 108 Å². The van der Waals surface area contributed by atoms with Crippen molar-refractivity contribution in [3.05, 3.63) is 82.7 Å². The van der Waals surface area contributed by atoms with E-state index in [0.29, 0.717) is 76.4 Å². The predicted molar refractivity (Wildman–Crippen MR) is 173 cm³/mol. The normalized spacial score (nSPS) is 16.6. The summed E-state index contributed by atoms with van der Waals surface area (Å²) in [5.41, 5.74) is 3.50. The van der Waals surface area contributed by atoms with Crippen LogP contribution >= 0.6 is 0 Å². The number of unbranched alkanes of at least 4 members (excludes halogenated alkanes) is 1. The van der Waals surface area contributed by atoms with Crippen molar-refractivity contribution in [2.24, 2.45) is 12.5 Å². The number of rotatable bonds is 9. The number of aromatic nitrogens is 3. The number of carbonyl (C=O) groups is 1. The lowest BCUT2D eigenvalue weighted by molar-refractivity contribution is -0.138. The quantitative estimate of drug-likeness (QED) is 0.196. The number of likely N-dealkylation sites (tertiary alicyclic amines) is 1. The predicted octanol–water partition coefficient (Wildman–Crippen LogP) is 6.90. The van der Waals surface area contributed by atoms with E-state index in [1.807, 2.05) is 6.07 Å². The fourth-order valence-corrected chi connectivity index (χ4v) is 7.03. The molecular weight excluding hydrogens is 617 g/mol. The number of anilines is 2. The molecule has 3 aliphatic rings. The van der Waals surface area contributed by atoms with Crippen LogP contribution in [0.1, 0.15) is 64.7 Å². The van der Waals surface area contributed by atoms with E-state index in [4.69, 9.17) is 5.26 Å². The molecule has 0 atom stereocenters. The van der Waals surface area contributed by atoms with E-state index >= 15 is 0 Å². The topological polar surface area (TPSA) is 114 Å². The Bertz CT molecular complexity index is 2000. The number of amides is 1. The molecule has 3 heterocycles. The van der Waals surface area contributed by atoms with Gasteiger partial charge in [0.05, 0.1) is 29.8 Å². The molecule has 0 radical (unpaired) electrons. The molecule has 1 spiro atoms. The summed E-state index contributed by atoms with van der Waals surface area (Å²) < 4.78 is 45.4. The Balaban J connectivity index is 1.29. The highest BCUT2D eigenvalue weighted by Gasteiger charge is 2.47. The summed E-state index contributed by atoms with van der Waals surface area (Å²) in [6.07, 6.45) is 1.27. The van der Waals surface area contributed by atoms with Crippen LogP contribution in [0.15, 0.2) is 54.9 Å². The van der Waals surface area contributed by atoms with E-state index in [0.717, 1.165) is 19.5 Å². The summed E-state index contributed by atoms with van der Waals surface area (Å²) in [7, 11) is 1.80. The number of alkyl halides is 3. The number of benzene rings is 3. The molecule has 1 saturated heterocycles. The molecule has 2 fully saturated rings. The van der Waals surface area contributed by atoms with Gasteiger partial charge in [-0.1, -0.05) is 0 Å². The molecule has 1 aliphatic carbocycles. The van der Waals surface area contributed by atoms with Gasteiger partial charge in [-0.2, -0.15) is 23.7 Å². The van der Waals surface area contributed by atoms with Crippen LogP contribution in [0.4, 0.5) is 24.5 Å². The lowest BCUT2D eigenvalue weighted by Gasteiger charge is -2.20. The zero-order valence-electron chi connectivity index (χ0n) is 26.4. The fraction of sp³-hybridized carbons (Fsp3) is 0.361. The van der Waals surface area contributed by atoms with E-state index in [1.165, 1.54) is 23.8 Å². The van der Waals surface area contributed by atoms with E-state index < -0.39 is 17.6 Å². The molecule has 4 aromatic rings. The largest absolute Gasteiger partial charge is 0.416 e. The van der Waals surface area contributed by atoms with Crippen LogP contribution in [-0.4, -0.2) is 45.2 Å². The van der Waals surface area contributed by atoms with Crippen molar-refractivity contribution in [3.8, 4) is 34.7 Å². The second kappa shape index (κ2) is 12.1. The van der Waals surface area contributed by atoms with Crippen LogP contribution in [0.2, 0.25) is 0 Å². The molecule has 244 valence electrons. The Morgan fingerprint density at radius 3 is 2.54 bits per heavy atom. The molecule has 1 saturated carbocycles. The van der Waals surface area contributed by atoms with Crippen LogP contribution in [0, 0.1) is 28.1 Å². The summed E-state index contributed by atoms with van der Waals surface area (Å²) in [4.78, 5) is 17.6. The van der Waals surface area contributed by atoms with Gasteiger partial charge in [-0.15, -0.1) is 10.2 Å². The maximum atomic E-state index is 14.5. The van der Waals surface area contributed by atoms with Crippen molar-refractivity contribution in [1.82, 2.24) is 19.7 Å². The van der Waals surface area contributed by atoms with Crippen molar-refractivity contribution >= 4 is 17.3 Å². The van der Waals surface area contributed by atoms with Gasteiger partial charge < -0.3 is 14.8 Å². The van der Waals surface area contributed by atoms with Crippen molar-refractivity contribution in [3.63, 3.8) is 0 Å². The first-order chi connectivity index (χ1) is 23.1. The molecule has 1 N–H and O–H groups in total. The lowest BCUT2D eigenvalue weighted by atomic mass is 9.95. The Morgan fingerprint density at radius 2 is 1.85 bits per heavy atom. The number of carbonyl (C=O) groups excluding carboxylic acids is 1. The highest BCUT2D eigenvalue weighted by Crippen LogP contribution is 2.53. The number of nitrogens with zero attached hydrogens (tertiary/aromatic N) is 7. The van der Waals surface area contributed by atoms with Crippen molar-refractivity contribution in [2.45, 2.75) is 51.4 Å². The van der Waals surface area contributed by atoms with Crippen LogP contribution in [0.25, 0.3) is 22.5 Å². The minimum absolute atomic E-state index is 0.0310. The van der Waals surface area contributed by atoms with Crippen molar-refractivity contribution in [1.29, 1.82) is 10.5 Å². The Kier molecular flexibility index (Phi) is 7.92. The van der Waals surface area contributed by atoms with Gasteiger partial charge in [0.1, 0.15) is 6.33 Å². The maximum Gasteiger partial charge on any atom is 0.416 e. The zero-order chi connectivity index (χ0) is 33.6. The smallest absolute Gasteiger partial charge is 0.385 e. The summed E-state index contributed by atoms with van der Waals surface area (Å²) in [5, 5.41) is 30.3. The molecule has 0 bridgehead atoms. The second-order valence-electron chi connectivity index (χ2n) is 13.1. The second-order valence-corrected chi connectivity index (χ2v) is 13.1. The molecule has 9 nitrogen and oxygen atoms in total. The number of nitrogens with one attached hydrogen (secondary N) is 1. The van der Waals surface area contributed by atoms with Gasteiger partial charge in [0, 0.05) is 55.6 Å². The van der Waals surface area contributed by atoms with Crippen molar-refractivity contribution < 1.29 is 18.0 Å². The van der Waals surface area contributed by atoms with Gasteiger partial charge in [0.25, 0.3) is 5.91 Å². The molecule has 7 rings (SSSR count). The third-order valence-corrected chi connectivity index (χ3v) is 9.72. The zero-order valence-corrected chi connectivity index (χ0v) is 26.4. The Hall–Kier alpha value is -5.20. The molecule has 12 heteroatoms. The highest BCUT2D eigenvalue weighted by atomic mass is 19.4. The van der Waals surface area contributed by atoms with Gasteiger partial charge >= 0.3 is 6.18 Å². The van der Waals surface area contributed by atoms with Gasteiger partial charge in [-0.25, -0.2) is 0 Å². The first kappa shape index (κ1) is 31.4. The van der Waals surface area contributed by atoms with Crippen LogP contribution < -0.4 is 10.2 Å². The third kappa shape index (κ3) is 6.00. The average molecular weight is 651 g/mol. The molecule has 48 heavy (non-hydrogen) atoms. The number of halogens is 3. The lowest BCUT2D eigenvalue weighted by Crippen LogP contribution is -2.23. The summed E-state index contributed by atoms with van der Waals surface area (Å²) >= 11 is 0. The standard InChI is InChI=1S/C36H33F3N8O/c1-45-22-43-44-33(45)28-5-4-23(18-41)12-29(28)25-15-26(42-10-3-2-9-40)17-27(16-25)47-20-31-30(34(47)48)13-24(14-32(31)36(37,38)39)19-46-11-8-35(21-46)6-7-35/h4-5,12-17,22,42H,2-3,6-8,10-11,19-21H2,1H3. The van der Waals surface area contributed by atoms with Gasteiger partial charge in [-0.3, -0.25) is 9.69 Å². The minimum atomic E-state index is -4.63. The number of hydrogen-bond acceptors (Lipinski definition) is 7. The minimum Gasteiger partial charge on any atom is -0.385 e. The first-order valence-corrected chi connectivity index (χ1v) is 16.0. The van der Waals surface area contributed by atoms with E-state index in [2.05, 4.69) is 32.6 Å². The van der Waals surface area contributed by atoms with E-state index in [-0.39, 0.29) is 17.7 Å². The molecular formula is C36H33F3N8O. The molecule has 1 amide bonds. The van der Waals surface area contributed by atoms with Gasteiger partial charge in [0.15, 0.2) is 5.82 Å². The van der Waals surface area contributed by atoms with Crippen LogP contribution in [-0.2, 0) is 26.3 Å². The SMILES string of the molecule is Cn1cnnc1-c1ccc(C#N)cc1-c1cc(NCCCC#N)cc(N2Cc3c(cc(CN4CCC5(CC5)C4)cc3C(F)(F)F)C2=O)c1. The molecule has 0 unspecified atom stereocenters. The number of aryl methyl sites for hydroxylation is 1. The van der Waals surface area contributed by atoms with Crippen LogP contribution in [0.3, 0.4) is 0 Å².